The Balaban J connectivity index is 2.78. The first-order valence-corrected chi connectivity index (χ1v) is 6.34. The number of nitrogens with one attached hydrogen (secondary N) is 1. The van der Waals surface area contributed by atoms with Gasteiger partial charge in [-0.3, -0.25) is 4.79 Å². The Morgan fingerprint density at radius 2 is 2.16 bits per heavy atom. The standard InChI is InChI=1S/C14H21FN2O2/c1-4-19-12-6-5-10(9-11(12)15)17-13(18)14(2,3)7-8-16/h5-6,9H,4,7-8,16H2,1-3H3,(H,17,18). The van der Waals surface area contributed by atoms with Crippen LogP contribution in [0.3, 0.4) is 0 Å². The zero-order valence-corrected chi connectivity index (χ0v) is 11.6. The van der Waals surface area contributed by atoms with Crippen molar-refractivity contribution in [3.63, 3.8) is 0 Å². The highest BCUT2D eigenvalue weighted by atomic mass is 19.1. The molecule has 19 heavy (non-hydrogen) atoms. The molecule has 0 saturated carbocycles. The number of anilines is 1. The zero-order valence-electron chi connectivity index (χ0n) is 11.6. The van der Waals surface area contributed by atoms with Crippen LogP contribution in [0, 0.1) is 11.2 Å². The van der Waals surface area contributed by atoms with Gasteiger partial charge in [-0.2, -0.15) is 0 Å². The Morgan fingerprint density at radius 1 is 1.47 bits per heavy atom. The van der Waals surface area contributed by atoms with Crippen LogP contribution in [-0.2, 0) is 4.79 Å². The van der Waals surface area contributed by atoms with Crippen molar-refractivity contribution in [3.05, 3.63) is 24.0 Å². The summed E-state index contributed by atoms with van der Waals surface area (Å²) in [7, 11) is 0. The van der Waals surface area contributed by atoms with E-state index in [1.165, 1.54) is 12.1 Å². The van der Waals surface area contributed by atoms with Crippen molar-refractivity contribution < 1.29 is 13.9 Å². The fourth-order valence-corrected chi connectivity index (χ4v) is 1.63. The second kappa shape index (κ2) is 6.52. The average molecular weight is 268 g/mol. The van der Waals surface area contributed by atoms with Gasteiger partial charge in [0.25, 0.3) is 0 Å². The van der Waals surface area contributed by atoms with Gasteiger partial charge in [0, 0.05) is 17.2 Å². The maximum absolute atomic E-state index is 13.6. The molecule has 1 amide bonds. The Morgan fingerprint density at radius 3 is 2.68 bits per heavy atom. The van der Waals surface area contributed by atoms with Gasteiger partial charge in [0.15, 0.2) is 11.6 Å². The normalized spacial score (nSPS) is 11.2. The summed E-state index contributed by atoms with van der Waals surface area (Å²) in [5, 5.41) is 2.69. The van der Waals surface area contributed by atoms with Gasteiger partial charge in [0.1, 0.15) is 0 Å². The van der Waals surface area contributed by atoms with Crippen LogP contribution in [0.2, 0.25) is 0 Å². The Labute approximate surface area is 113 Å². The minimum atomic E-state index is -0.580. The fraction of sp³-hybridized carbons (Fsp3) is 0.500. The molecule has 0 unspecified atom stereocenters. The number of hydrogen-bond donors (Lipinski definition) is 2. The third kappa shape index (κ3) is 4.21. The molecule has 0 spiro atoms. The molecule has 0 heterocycles. The molecule has 4 nitrogen and oxygen atoms in total. The quantitative estimate of drug-likeness (QED) is 0.833. The number of ether oxygens (including phenoxy) is 1. The van der Waals surface area contributed by atoms with Crippen molar-refractivity contribution in [2.24, 2.45) is 11.1 Å². The van der Waals surface area contributed by atoms with Crippen molar-refractivity contribution in [1.29, 1.82) is 0 Å². The number of halogens is 1. The summed E-state index contributed by atoms with van der Waals surface area (Å²) in [5.74, 6) is -0.487. The van der Waals surface area contributed by atoms with E-state index < -0.39 is 11.2 Å². The molecule has 1 aromatic rings. The average Bonchev–Trinajstić information content (AvgIpc) is 2.32. The van der Waals surface area contributed by atoms with Crippen LogP contribution in [0.25, 0.3) is 0 Å². The lowest BCUT2D eigenvalue weighted by Gasteiger charge is -2.22. The monoisotopic (exact) mass is 268 g/mol. The number of amides is 1. The van der Waals surface area contributed by atoms with Crippen LogP contribution in [-0.4, -0.2) is 19.1 Å². The number of benzene rings is 1. The predicted octanol–water partition coefficient (Wildman–Crippen LogP) is 2.54. The largest absolute Gasteiger partial charge is 0.491 e. The molecule has 0 atom stereocenters. The van der Waals surface area contributed by atoms with Crippen molar-refractivity contribution in [1.82, 2.24) is 0 Å². The lowest BCUT2D eigenvalue weighted by molar-refractivity contribution is -0.124. The van der Waals surface area contributed by atoms with Crippen molar-refractivity contribution >= 4 is 11.6 Å². The molecule has 0 aromatic heterocycles. The van der Waals surface area contributed by atoms with E-state index in [1.54, 1.807) is 26.8 Å². The maximum atomic E-state index is 13.6. The van der Waals surface area contributed by atoms with E-state index in [1.807, 2.05) is 0 Å². The first-order valence-electron chi connectivity index (χ1n) is 6.34. The summed E-state index contributed by atoms with van der Waals surface area (Å²) in [4.78, 5) is 12.0. The summed E-state index contributed by atoms with van der Waals surface area (Å²) in [6.07, 6.45) is 0.568. The first kappa shape index (κ1) is 15.4. The lowest BCUT2D eigenvalue weighted by Crippen LogP contribution is -2.32. The third-order valence-corrected chi connectivity index (χ3v) is 2.87. The van der Waals surface area contributed by atoms with E-state index in [4.69, 9.17) is 10.5 Å². The summed E-state index contributed by atoms with van der Waals surface area (Å²) < 4.78 is 18.7. The first-order chi connectivity index (χ1) is 8.90. The second-order valence-electron chi connectivity index (χ2n) is 4.95. The molecule has 0 aliphatic heterocycles. The van der Waals surface area contributed by atoms with Crippen LogP contribution < -0.4 is 15.8 Å². The molecule has 0 fully saturated rings. The molecule has 0 aliphatic carbocycles. The molecule has 3 N–H and O–H groups in total. The molecule has 0 radical (unpaired) electrons. The van der Waals surface area contributed by atoms with Crippen LogP contribution in [0.4, 0.5) is 10.1 Å². The van der Waals surface area contributed by atoms with Gasteiger partial charge in [0.2, 0.25) is 5.91 Å². The van der Waals surface area contributed by atoms with E-state index in [0.29, 0.717) is 25.3 Å². The van der Waals surface area contributed by atoms with Gasteiger partial charge in [-0.1, -0.05) is 13.8 Å². The Kier molecular flexibility index (Phi) is 5.30. The highest BCUT2D eigenvalue weighted by Crippen LogP contribution is 2.25. The summed E-state index contributed by atoms with van der Waals surface area (Å²) in [6.45, 7) is 6.22. The number of carbonyl (C=O) groups excluding carboxylic acids is 1. The molecule has 0 aliphatic rings. The number of carbonyl (C=O) groups is 1. The van der Waals surface area contributed by atoms with Gasteiger partial charge in [0.05, 0.1) is 6.61 Å². The SMILES string of the molecule is CCOc1ccc(NC(=O)C(C)(C)CCN)cc1F. The van der Waals surface area contributed by atoms with Gasteiger partial charge < -0.3 is 15.8 Å². The summed E-state index contributed by atoms with van der Waals surface area (Å²) in [5.41, 5.74) is 5.30. The molecule has 0 bridgehead atoms. The van der Waals surface area contributed by atoms with Crippen molar-refractivity contribution in [2.45, 2.75) is 27.2 Å². The second-order valence-corrected chi connectivity index (χ2v) is 4.95. The Bertz CT molecular complexity index is 447. The molecular formula is C14H21FN2O2. The number of nitrogens with two attached hydrogens (primary N) is 1. The molecule has 106 valence electrons. The molecule has 1 rings (SSSR count). The molecule has 1 aromatic carbocycles. The van der Waals surface area contributed by atoms with Crippen molar-refractivity contribution in [2.75, 3.05) is 18.5 Å². The van der Waals surface area contributed by atoms with E-state index in [2.05, 4.69) is 5.32 Å². The number of hydrogen-bond acceptors (Lipinski definition) is 3. The van der Waals surface area contributed by atoms with E-state index in [9.17, 15) is 9.18 Å². The van der Waals surface area contributed by atoms with Crippen LogP contribution >= 0.6 is 0 Å². The van der Waals surface area contributed by atoms with E-state index in [-0.39, 0.29) is 11.7 Å². The van der Waals surface area contributed by atoms with Crippen LogP contribution in [0.5, 0.6) is 5.75 Å². The number of rotatable bonds is 6. The van der Waals surface area contributed by atoms with Gasteiger partial charge >= 0.3 is 0 Å². The molecule has 0 saturated heterocycles. The Hall–Kier alpha value is -1.62. The predicted molar refractivity (Wildman–Crippen MR) is 73.7 cm³/mol. The van der Waals surface area contributed by atoms with Crippen molar-refractivity contribution in [3.8, 4) is 5.75 Å². The molecular weight excluding hydrogens is 247 g/mol. The smallest absolute Gasteiger partial charge is 0.230 e. The van der Waals surface area contributed by atoms with E-state index >= 15 is 0 Å². The van der Waals surface area contributed by atoms with Gasteiger partial charge in [-0.25, -0.2) is 4.39 Å². The zero-order chi connectivity index (χ0) is 14.5. The maximum Gasteiger partial charge on any atom is 0.230 e. The molecule has 5 heteroatoms. The highest BCUT2D eigenvalue weighted by Gasteiger charge is 2.26. The minimum Gasteiger partial charge on any atom is -0.491 e. The summed E-state index contributed by atoms with van der Waals surface area (Å²) in [6, 6.07) is 4.37. The summed E-state index contributed by atoms with van der Waals surface area (Å²) >= 11 is 0. The fourth-order valence-electron chi connectivity index (χ4n) is 1.63. The highest BCUT2D eigenvalue weighted by molar-refractivity contribution is 5.94. The van der Waals surface area contributed by atoms with Crippen LogP contribution in [0.1, 0.15) is 27.2 Å². The van der Waals surface area contributed by atoms with Gasteiger partial charge in [-0.15, -0.1) is 0 Å². The lowest BCUT2D eigenvalue weighted by atomic mass is 9.88. The topological polar surface area (TPSA) is 64.3 Å². The van der Waals surface area contributed by atoms with Crippen LogP contribution in [0.15, 0.2) is 18.2 Å². The van der Waals surface area contributed by atoms with Gasteiger partial charge in [-0.05, 0) is 32.0 Å². The minimum absolute atomic E-state index is 0.179. The van der Waals surface area contributed by atoms with E-state index in [0.717, 1.165) is 0 Å². The third-order valence-electron chi connectivity index (χ3n) is 2.87.